The van der Waals surface area contributed by atoms with Crippen molar-refractivity contribution < 1.29 is 0 Å². The van der Waals surface area contributed by atoms with Crippen molar-refractivity contribution in [1.82, 2.24) is 10.3 Å². The summed E-state index contributed by atoms with van der Waals surface area (Å²) in [6, 6.07) is 4.93. The largest absolute Gasteiger partial charge is 0.357 e. The van der Waals surface area contributed by atoms with Gasteiger partial charge >= 0.3 is 0 Å². The second-order valence-corrected chi connectivity index (χ2v) is 6.56. The lowest BCUT2D eigenvalue weighted by atomic mass is 9.75. The Labute approximate surface area is 117 Å². The third-order valence-corrected chi connectivity index (χ3v) is 4.41. The molecule has 1 N–H and O–H groups in total. The van der Waals surface area contributed by atoms with E-state index in [-0.39, 0.29) is 0 Å². The van der Waals surface area contributed by atoms with Crippen LogP contribution in [0.2, 0.25) is 0 Å². The lowest BCUT2D eigenvalue weighted by molar-refractivity contribution is 0.222. The summed E-state index contributed by atoms with van der Waals surface area (Å²) < 4.78 is 0. The molecule has 1 aromatic heterocycles. The molecule has 3 heteroatoms. The zero-order valence-corrected chi connectivity index (χ0v) is 12.7. The maximum atomic E-state index is 4.53. The Morgan fingerprint density at radius 1 is 1.37 bits per heavy atom. The van der Waals surface area contributed by atoms with Crippen LogP contribution in [0.3, 0.4) is 0 Å². The maximum absolute atomic E-state index is 4.53. The van der Waals surface area contributed by atoms with Gasteiger partial charge in [0.05, 0.1) is 0 Å². The molecule has 106 valence electrons. The van der Waals surface area contributed by atoms with Gasteiger partial charge in [0.15, 0.2) is 0 Å². The Morgan fingerprint density at radius 2 is 2.05 bits per heavy atom. The van der Waals surface area contributed by atoms with Crippen LogP contribution in [-0.4, -0.2) is 25.1 Å². The van der Waals surface area contributed by atoms with Crippen LogP contribution < -0.4 is 10.2 Å². The molecule has 1 fully saturated rings. The summed E-state index contributed by atoms with van der Waals surface area (Å²) in [5, 5.41) is 3.19. The van der Waals surface area contributed by atoms with E-state index in [1.54, 1.807) is 0 Å². The second kappa shape index (κ2) is 5.91. The summed E-state index contributed by atoms with van der Waals surface area (Å²) in [6.07, 6.45) is 7.12. The minimum Gasteiger partial charge on any atom is -0.357 e. The summed E-state index contributed by atoms with van der Waals surface area (Å²) in [7, 11) is 4.17. The van der Waals surface area contributed by atoms with E-state index in [1.165, 1.54) is 31.2 Å². The molecule has 1 aliphatic carbocycles. The fraction of sp³-hybridized carbons (Fsp3) is 0.688. The van der Waals surface area contributed by atoms with Crippen LogP contribution in [0, 0.1) is 5.41 Å². The number of hydrogen-bond acceptors (Lipinski definition) is 3. The highest BCUT2D eigenvalue weighted by Crippen LogP contribution is 2.37. The number of nitrogens with one attached hydrogen (secondary N) is 1. The van der Waals surface area contributed by atoms with Crippen LogP contribution in [-0.2, 0) is 6.54 Å². The molecule has 0 saturated heterocycles. The lowest BCUT2D eigenvalue weighted by Crippen LogP contribution is -2.37. The quantitative estimate of drug-likeness (QED) is 0.902. The van der Waals surface area contributed by atoms with Crippen molar-refractivity contribution in [3.8, 4) is 0 Å². The summed E-state index contributed by atoms with van der Waals surface area (Å²) in [5.41, 5.74) is 1.83. The maximum Gasteiger partial charge on any atom is 0.128 e. The van der Waals surface area contributed by atoms with E-state index in [0.717, 1.165) is 12.4 Å². The smallest absolute Gasteiger partial charge is 0.128 e. The highest BCUT2D eigenvalue weighted by molar-refractivity contribution is 5.41. The standard InChI is InChI=1S/C16H27N3/c1-16(2)8-5-14(6-9-16)19(4)15-11-13(12-17-3)7-10-18-15/h7,10-11,14,17H,5-6,8-9,12H2,1-4H3. The molecule has 1 aliphatic rings. The molecule has 0 radical (unpaired) electrons. The molecule has 1 saturated carbocycles. The zero-order chi connectivity index (χ0) is 13.9. The van der Waals surface area contributed by atoms with Gasteiger partial charge in [0, 0.05) is 25.8 Å². The van der Waals surface area contributed by atoms with Crippen LogP contribution in [0.5, 0.6) is 0 Å². The van der Waals surface area contributed by atoms with E-state index in [1.807, 2.05) is 13.2 Å². The molecule has 0 aliphatic heterocycles. The summed E-state index contributed by atoms with van der Waals surface area (Å²) in [6.45, 7) is 5.67. The Morgan fingerprint density at radius 3 is 2.68 bits per heavy atom. The van der Waals surface area contributed by atoms with Gasteiger partial charge in [-0.15, -0.1) is 0 Å². The summed E-state index contributed by atoms with van der Waals surface area (Å²) >= 11 is 0. The van der Waals surface area contributed by atoms with E-state index in [4.69, 9.17) is 0 Å². The Kier molecular flexibility index (Phi) is 4.46. The number of nitrogens with zero attached hydrogens (tertiary/aromatic N) is 2. The Balaban J connectivity index is 2.03. The van der Waals surface area contributed by atoms with Gasteiger partial charge in [0.1, 0.15) is 5.82 Å². The average molecular weight is 261 g/mol. The normalized spacial score (nSPS) is 19.4. The molecule has 1 heterocycles. The molecule has 0 amide bonds. The summed E-state index contributed by atoms with van der Waals surface area (Å²) in [4.78, 5) is 6.90. The van der Waals surface area contributed by atoms with Gasteiger partial charge in [-0.05, 0) is 55.8 Å². The minimum atomic E-state index is 0.527. The predicted octanol–water partition coefficient (Wildman–Crippen LogP) is 3.21. The van der Waals surface area contributed by atoms with Crippen molar-refractivity contribution in [1.29, 1.82) is 0 Å². The number of hydrogen-bond donors (Lipinski definition) is 1. The SMILES string of the molecule is CNCc1ccnc(N(C)C2CCC(C)(C)CC2)c1. The van der Waals surface area contributed by atoms with E-state index in [2.05, 4.69) is 48.2 Å². The van der Waals surface area contributed by atoms with Crippen LogP contribution >= 0.6 is 0 Å². The van der Waals surface area contributed by atoms with Gasteiger partial charge in [0.25, 0.3) is 0 Å². The number of anilines is 1. The molecular formula is C16H27N3. The molecule has 19 heavy (non-hydrogen) atoms. The first-order valence-electron chi connectivity index (χ1n) is 7.34. The van der Waals surface area contributed by atoms with Crippen LogP contribution in [0.25, 0.3) is 0 Å². The predicted molar refractivity (Wildman–Crippen MR) is 81.4 cm³/mol. The highest BCUT2D eigenvalue weighted by atomic mass is 15.2. The van der Waals surface area contributed by atoms with Gasteiger partial charge in [-0.2, -0.15) is 0 Å². The van der Waals surface area contributed by atoms with E-state index < -0.39 is 0 Å². The van der Waals surface area contributed by atoms with E-state index in [0.29, 0.717) is 11.5 Å². The minimum absolute atomic E-state index is 0.527. The van der Waals surface area contributed by atoms with E-state index >= 15 is 0 Å². The van der Waals surface area contributed by atoms with Crippen LogP contribution in [0.15, 0.2) is 18.3 Å². The molecule has 2 rings (SSSR count). The van der Waals surface area contributed by atoms with Crippen molar-refractivity contribution >= 4 is 5.82 Å². The van der Waals surface area contributed by atoms with Gasteiger partial charge < -0.3 is 10.2 Å². The lowest BCUT2D eigenvalue weighted by Gasteiger charge is -2.39. The fourth-order valence-electron chi connectivity index (χ4n) is 2.93. The number of pyridine rings is 1. The number of aromatic nitrogens is 1. The Hall–Kier alpha value is -1.09. The monoisotopic (exact) mass is 261 g/mol. The molecular weight excluding hydrogens is 234 g/mol. The highest BCUT2D eigenvalue weighted by Gasteiger charge is 2.29. The molecule has 3 nitrogen and oxygen atoms in total. The first-order chi connectivity index (χ1) is 9.02. The molecule has 0 atom stereocenters. The van der Waals surface area contributed by atoms with E-state index in [9.17, 15) is 0 Å². The molecule has 0 aromatic carbocycles. The molecule has 0 unspecified atom stereocenters. The van der Waals surface area contributed by atoms with Crippen LogP contribution in [0.1, 0.15) is 45.1 Å². The van der Waals surface area contributed by atoms with Gasteiger partial charge in [-0.3, -0.25) is 0 Å². The first-order valence-corrected chi connectivity index (χ1v) is 7.34. The summed E-state index contributed by atoms with van der Waals surface area (Å²) in [5.74, 6) is 1.11. The third kappa shape index (κ3) is 3.69. The van der Waals surface area contributed by atoms with Crippen molar-refractivity contribution in [2.75, 3.05) is 19.0 Å². The van der Waals surface area contributed by atoms with Crippen LogP contribution in [0.4, 0.5) is 5.82 Å². The molecule has 1 aromatic rings. The second-order valence-electron chi connectivity index (χ2n) is 6.56. The van der Waals surface area contributed by atoms with Crippen molar-refractivity contribution in [2.45, 2.75) is 52.1 Å². The van der Waals surface area contributed by atoms with Gasteiger partial charge in [0.2, 0.25) is 0 Å². The topological polar surface area (TPSA) is 28.2 Å². The molecule has 0 bridgehead atoms. The molecule has 0 spiro atoms. The van der Waals surface area contributed by atoms with Crippen molar-refractivity contribution in [2.24, 2.45) is 5.41 Å². The number of rotatable bonds is 4. The average Bonchev–Trinajstić information content (AvgIpc) is 2.39. The fourth-order valence-corrected chi connectivity index (χ4v) is 2.93. The van der Waals surface area contributed by atoms with Gasteiger partial charge in [-0.25, -0.2) is 4.98 Å². The van der Waals surface area contributed by atoms with Crippen molar-refractivity contribution in [3.63, 3.8) is 0 Å². The van der Waals surface area contributed by atoms with Gasteiger partial charge in [-0.1, -0.05) is 13.8 Å². The first kappa shape index (κ1) is 14.3. The van der Waals surface area contributed by atoms with Crippen molar-refractivity contribution in [3.05, 3.63) is 23.9 Å². The third-order valence-electron chi connectivity index (χ3n) is 4.41. The zero-order valence-electron chi connectivity index (χ0n) is 12.7. The Bertz CT molecular complexity index is 404.